The molecule has 21 heavy (non-hydrogen) atoms. The van der Waals surface area contributed by atoms with Gasteiger partial charge in [0.1, 0.15) is 6.26 Å². The maximum Gasteiger partial charge on any atom is 0.257 e. The van der Waals surface area contributed by atoms with Gasteiger partial charge in [0.25, 0.3) is 5.91 Å². The molecule has 0 saturated carbocycles. The van der Waals surface area contributed by atoms with Crippen LogP contribution in [0.4, 0.5) is 0 Å². The summed E-state index contributed by atoms with van der Waals surface area (Å²) in [4.78, 5) is 24.9. The van der Waals surface area contributed by atoms with Crippen LogP contribution in [0.2, 0.25) is 0 Å². The summed E-state index contributed by atoms with van der Waals surface area (Å²) in [5.74, 6) is -0.485. The van der Waals surface area contributed by atoms with E-state index in [-0.39, 0.29) is 18.2 Å². The first kappa shape index (κ1) is 17.3. The molecule has 5 nitrogen and oxygen atoms in total. The van der Waals surface area contributed by atoms with E-state index >= 15 is 0 Å². The third kappa shape index (κ3) is 6.97. The van der Waals surface area contributed by atoms with Gasteiger partial charge in [0.2, 0.25) is 5.91 Å². The molecule has 1 aromatic heterocycles. The van der Waals surface area contributed by atoms with Gasteiger partial charge in [-0.3, -0.25) is 9.59 Å². The van der Waals surface area contributed by atoms with E-state index in [1.54, 1.807) is 11.0 Å². The molecule has 1 aromatic rings. The summed E-state index contributed by atoms with van der Waals surface area (Å²) in [6.45, 7) is 3.22. The highest BCUT2D eigenvalue weighted by Gasteiger charge is 2.16. The van der Waals surface area contributed by atoms with E-state index in [2.05, 4.69) is 6.92 Å². The average Bonchev–Trinajstić information content (AvgIpc) is 2.99. The van der Waals surface area contributed by atoms with Gasteiger partial charge in [0.15, 0.2) is 0 Å². The molecular formula is C16H26N2O3. The summed E-state index contributed by atoms with van der Waals surface area (Å²) in [5, 5.41) is 0. The SMILES string of the molecule is CCCCCCCCN(CCC(N)=O)C(=O)c1ccoc1. The van der Waals surface area contributed by atoms with Gasteiger partial charge in [0.05, 0.1) is 11.8 Å². The smallest absolute Gasteiger partial charge is 0.257 e. The lowest BCUT2D eigenvalue weighted by molar-refractivity contribution is -0.118. The lowest BCUT2D eigenvalue weighted by Gasteiger charge is -2.21. The van der Waals surface area contributed by atoms with Gasteiger partial charge in [-0.05, 0) is 12.5 Å². The van der Waals surface area contributed by atoms with Crippen LogP contribution in [0, 0.1) is 0 Å². The van der Waals surface area contributed by atoms with Crippen LogP contribution < -0.4 is 5.73 Å². The van der Waals surface area contributed by atoms with Crippen LogP contribution in [0.5, 0.6) is 0 Å². The van der Waals surface area contributed by atoms with Gasteiger partial charge in [-0.2, -0.15) is 0 Å². The zero-order valence-electron chi connectivity index (χ0n) is 12.8. The molecule has 5 heteroatoms. The number of primary amides is 1. The average molecular weight is 294 g/mol. The van der Waals surface area contributed by atoms with Crippen molar-refractivity contribution >= 4 is 11.8 Å². The molecule has 0 aliphatic carbocycles. The van der Waals surface area contributed by atoms with Crippen molar-refractivity contribution in [3.63, 3.8) is 0 Å². The Kier molecular flexibility index (Phi) is 8.24. The molecule has 0 radical (unpaired) electrons. The molecule has 0 bridgehead atoms. The number of hydrogen-bond donors (Lipinski definition) is 1. The molecule has 118 valence electrons. The summed E-state index contributed by atoms with van der Waals surface area (Å²) in [5.41, 5.74) is 5.69. The molecule has 1 heterocycles. The summed E-state index contributed by atoms with van der Waals surface area (Å²) >= 11 is 0. The summed E-state index contributed by atoms with van der Waals surface area (Å²) in [7, 11) is 0. The van der Waals surface area contributed by atoms with E-state index in [1.165, 1.54) is 38.2 Å². The van der Waals surface area contributed by atoms with Crippen LogP contribution in [0.1, 0.15) is 62.2 Å². The zero-order chi connectivity index (χ0) is 15.5. The minimum atomic E-state index is -0.386. The van der Waals surface area contributed by atoms with Crippen molar-refractivity contribution in [2.45, 2.75) is 51.9 Å². The Morgan fingerprint density at radius 1 is 1.14 bits per heavy atom. The second-order valence-corrected chi connectivity index (χ2v) is 5.29. The number of nitrogens with zero attached hydrogens (tertiary/aromatic N) is 1. The second-order valence-electron chi connectivity index (χ2n) is 5.29. The van der Waals surface area contributed by atoms with Crippen molar-refractivity contribution in [2.24, 2.45) is 5.73 Å². The predicted molar refractivity (Wildman–Crippen MR) is 81.8 cm³/mol. The Morgan fingerprint density at radius 3 is 2.48 bits per heavy atom. The summed E-state index contributed by atoms with van der Waals surface area (Å²) in [6, 6.07) is 1.64. The molecule has 0 atom stereocenters. The van der Waals surface area contributed by atoms with E-state index in [9.17, 15) is 9.59 Å². The first-order valence-electron chi connectivity index (χ1n) is 7.75. The Morgan fingerprint density at radius 2 is 1.86 bits per heavy atom. The quantitative estimate of drug-likeness (QED) is 0.637. The molecule has 2 amide bonds. The molecule has 0 spiro atoms. The lowest BCUT2D eigenvalue weighted by atomic mass is 10.1. The minimum absolute atomic E-state index is 0.0986. The van der Waals surface area contributed by atoms with Crippen LogP contribution in [-0.4, -0.2) is 29.8 Å². The fourth-order valence-corrected chi connectivity index (χ4v) is 2.21. The monoisotopic (exact) mass is 294 g/mol. The van der Waals surface area contributed by atoms with Gasteiger partial charge >= 0.3 is 0 Å². The maximum atomic E-state index is 12.3. The van der Waals surface area contributed by atoms with Crippen molar-refractivity contribution < 1.29 is 14.0 Å². The number of furan rings is 1. The molecule has 2 N–H and O–H groups in total. The molecule has 1 rings (SSSR count). The topological polar surface area (TPSA) is 76.5 Å². The lowest BCUT2D eigenvalue weighted by Crippen LogP contribution is -2.34. The molecule has 0 saturated heterocycles. The Hall–Kier alpha value is -1.78. The largest absolute Gasteiger partial charge is 0.472 e. The third-order valence-electron chi connectivity index (χ3n) is 3.47. The van der Waals surface area contributed by atoms with Crippen LogP contribution in [0.15, 0.2) is 23.0 Å². The number of nitrogens with two attached hydrogens (primary N) is 1. The Labute approximate surface area is 126 Å². The van der Waals surface area contributed by atoms with Gasteiger partial charge in [-0.1, -0.05) is 39.0 Å². The Bertz CT molecular complexity index is 415. The number of amides is 2. The fraction of sp³-hybridized carbons (Fsp3) is 0.625. The van der Waals surface area contributed by atoms with Gasteiger partial charge < -0.3 is 15.1 Å². The standard InChI is InChI=1S/C16H26N2O3/c1-2-3-4-5-6-7-10-18(11-8-15(17)19)16(20)14-9-12-21-13-14/h9,12-13H,2-8,10-11H2,1H3,(H2,17,19). The number of rotatable bonds is 11. The first-order chi connectivity index (χ1) is 10.1. The van der Waals surface area contributed by atoms with Crippen LogP contribution in [0.25, 0.3) is 0 Å². The van der Waals surface area contributed by atoms with Gasteiger partial charge in [0, 0.05) is 19.5 Å². The van der Waals surface area contributed by atoms with Crippen molar-refractivity contribution in [3.8, 4) is 0 Å². The minimum Gasteiger partial charge on any atom is -0.472 e. The fourth-order valence-electron chi connectivity index (χ4n) is 2.21. The molecule has 0 aliphatic rings. The molecule has 0 unspecified atom stereocenters. The molecule has 0 fully saturated rings. The van der Waals surface area contributed by atoms with Gasteiger partial charge in [-0.25, -0.2) is 0 Å². The van der Waals surface area contributed by atoms with Gasteiger partial charge in [-0.15, -0.1) is 0 Å². The second kappa shape index (κ2) is 10.0. The number of hydrogen-bond acceptors (Lipinski definition) is 3. The molecular weight excluding hydrogens is 268 g/mol. The highest BCUT2D eigenvalue weighted by Crippen LogP contribution is 2.10. The Balaban J connectivity index is 2.41. The maximum absolute atomic E-state index is 12.3. The van der Waals surface area contributed by atoms with Crippen LogP contribution >= 0.6 is 0 Å². The highest BCUT2D eigenvalue weighted by atomic mass is 16.3. The van der Waals surface area contributed by atoms with Crippen molar-refractivity contribution in [1.29, 1.82) is 0 Å². The van der Waals surface area contributed by atoms with E-state index < -0.39 is 0 Å². The van der Waals surface area contributed by atoms with E-state index in [0.29, 0.717) is 18.7 Å². The summed E-state index contributed by atoms with van der Waals surface area (Å²) in [6.07, 6.45) is 10.1. The van der Waals surface area contributed by atoms with Crippen molar-refractivity contribution in [3.05, 3.63) is 24.2 Å². The number of unbranched alkanes of at least 4 members (excludes halogenated alkanes) is 5. The zero-order valence-corrected chi connectivity index (χ0v) is 12.8. The van der Waals surface area contributed by atoms with E-state index in [1.807, 2.05) is 0 Å². The first-order valence-corrected chi connectivity index (χ1v) is 7.75. The van der Waals surface area contributed by atoms with Crippen molar-refractivity contribution in [1.82, 2.24) is 4.90 Å². The summed E-state index contributed by atoms with van der Waals surface area (Å²) < 4.78 is 4.94. The predicted octanol–water partition coefficient (Wildman–Crippen LogP) is 2.96. The molecule has 0 aromatic carbocycles. The molecule has 0 aliphatic heterocycles. The number of carbonyl (C=O) groups excluding carboxylic acids is 2. The van der Waals surface area contributed by atoms with Crippen LogP contribution in [-0.2, 0) is 4.79 Å². The number of carbonyl (C=O) groups is 2. The third-order valence-corrected chi connectivity index (χ3v) is 3.47. The van der Waals surface area contributed by atoms with Crippen molar-refractivity contribution in [2.75, 3.05) is 13.1 Å². The van der Waals surface area contributed by atoms with E-state index in [4.69, 9.17) is 10.2 Å². The normalized spacial score (nSPS) is 10.5. The van der Waals surface area contributed by atoms with E-state index in [0.717, 1.165) is 12.8 Å². The highest BCUT2D eigenvalue weighted by molar-refractivity contribution is 5.94. The van der Waals surface area contributed by atoms with Crippen LogP contribution in [0.3, 0.4) is 0 Å².